The number of likely N-dealkylation sites (tertiary alicyclic amines) is 1. The lowest BCUT2D eigenvalue weighted by atomic mass is 10.0. The maximum atomic E-state index is 6.50. The summed E-state index contributed by atoms with van der Waals surface area (Å²) in [5.41, 5.74) is 9.93. The fourth-order valence-electron chi connectivity index (χ4n) is 5.20. The monoisotopic (exact) mass is 410 g/mol. The molecular weight excluding hydrogens is 376 g/mol. The second kappa shape index (κ2) is 7.54. The summed E-state index contributed by atoms with van der Waals surface area (Å²) in [5, 5.41) is 5.87. The van der Waals surface area contributed by atoms with Crippen molar-refractivity contribution in [1.82, 2.24) is 24.2 Å². The molecule has 0 unspecified atom stereocenters. The van der Waals surface area contributed by atoms with E-state index in [9.17, 15) is 0 Å². The highest BCUT2D eigenvalue weighted by molar-refractivity contribution is 5.94. The second-order valence-corrected chi connectivity index (χ2v) is 9.94. The fourth-order valence-corrected chi connectivity index (χ4v) is 5.20. The lowest BCUT2D eigenvalue weighted by Gasteiger charge is -2.37. The minimum absolute atomic E-state index is 0.155. The molecule has 2 aliphatic heterocycles. The van der Waals surface area contributed by atoms with E-state index >= 15 is 0 Å². The van der Waals surface area contributed by atoms with E-state index in [-0.39, 0.29) is 5.54 Å². The van der Waals surface area contributed by atoms with Gasteiger partial charge in [-0.05, 0) is 65.1 Å². The van der Waals surface area contributed by atoms with E-state index < -0.39 is 0 Å². The maximum Gasteiger partial charge on any atom is 0.201 e. The van der Waals surface area contributed by atoms with Crippen molar-refractivity contribution in [2.75, 3.05) is 32.0 Å². The summed E-state index contributed by atoms with van der Waals surface area (Å²) in [6.07, 6.45) is 7.59. The quantitative estimate of drug-likeness (QED) is 0.687. The smallest absolute Gasteiger partial charge is 0.201 e. The molecule has 5 rings (SSSR count). The predicted molar refractivity (Wildman–Crippen MR) is 121 cm³/mol. The molecule has 4 heterocycles. The van der Waals surface area contributed by atoms with Gasteiger partial charge in [-0.1, -0.05) is 6.42 Å². The van der Waals surface area contributed by atoms with Crippen LogP contribution >= 0.6 is 0 Å². The Labute approximate surface area is 178 Å². The minimum atomic E-state index is 0.155. The molecule has 1 atom stereocenters. The zero-order valence-electron chi connectivity index (χ0n) is 18.5. The second-order valence-electron chi connectivity index (χ2n) is 9.94. The van der Waals surface area contributed by atoms with Crippen LogP contribution in [0.5, 0.6) is 0 Å². The Morgan fingerprint density at radius 2 is 1.83 bits per heavy atom. The number of nitrogens with two attached hydrogens (primary N) is 1. The molecular formula is C23H34N6O. The van der Waals surface area contributed by atoms with Crippen molar-refractivity contribution in [3.63, 3.8) is 0 Å². The Bertz CT molecular complexity index is 1040. The molecule has 0 saturated carbocycles. The van der Waals surface area contributed by atoms with Crippen LogP contribution in [0, 0.1) is 0 Å². The topological polar surface area (TPSA) is 74.1 Å². The number of imidazole rings is 1. The van der Waals surface area contributed by atoms with Crippen LogP contribution in [0.25, 0.3) is 21.9 Å². The largest absolute Gasteiger partial charge is 0.381 e. The number of ether oxygens (including phenoxy) is 1. The molecule has 30 heavy (non-hydrogen) atoms. The molecule has 7 heteroatoms. The van der Waals surface area contributed by atoms with Gasteiger partial charge in [-0.2, -0.15) is 5.10 Å². The molecule has 2 aromatic heterocycles. The van der Waals surface area contributed by atoms with Crippen molar-refractivity contribution >= 4 is 27.9 Å². The van der Waals surface area contributed by atoms with Gasteiger partial charge < -0.3 is 15.0 Å². The summed E-state index contributed by atoms with van der Waals surface area (Å²) in [5.74, 6) is 0.629. The van der Waals surface area contributed by atoms with Crippen LogP contribution in [0.4, 0.5) is 5.95 Å². The third-order valence-corrected chi connectivity index (χ3v) is 6.93. The SMILES string of the molecule is CC(C)(C)N1CCCC[C@@H](n2c(N)nc3cc4cnn(C5CCOCC5)c4cc32)C1. The van der Waals surface area contributed by atoms with E-state index in [1.165, 1.54) is 18.4 Å². The molecule has 0 amide bonds. The first-order valence-corrected chi connectivity index (χ1v) is 11.4. The molecule has 7 nitrogen and oxygen atoms in total. The zero-order valence-corrected chi connectivity index (χ0v) is 18.5. The number of rotatable bonds is 2. The standard InChI is InChI=1S/C23H34N6O/c1-23(2,3)27-9-5-4-6-18(15-27)28-21-13-20-16(12-19(21)26-22(28)24)14-25-29(20)17-7-10-30-11-8-17/h12-14,17-18H,4-11,15H2,1-3H3,(H2,24,26)/t18-/m1/s1. The molecule has 0 radical (unpaired) electrons. The molecule has 2 aliphatic rings. The third kappa shape index (κ3) is 3.48. The molecule has 1 aromatic carbocycles. The molecule has 0 spiro atoms. The first-order chi connectivity index (χ1) is 14.4. The van der Waals surface area contributed by atoms with Gasteiger partial charge in [-0.25, -0.2) is 4.98 Å². The summed E-state index contributed by atoms with van der Waals surface area (Å²) >= 11 is 0. The average molecular weight is 411 g/mol. The highest BCUT2D eigenvalue weighted by atomic mass is 16.5. The Morgan fingerprint density at radius 3 is 2.60 bits per heavy atom. The first-order valence-electron chi connectivity index (χ1n) is 11.4. The molecule has 2 fully saturated rings. The number of fused-ring (bicyclic) bond motifs is 2. The van der Waals surface area contributed by atoms with Crippen molar-refractivity contribution < 1.29 is 4.74 Å². The van der Waals surface area contributed by atoms with E-state index in [0.29, 0.717) is 18.0 Å². The summed E-state index contributed by atoms with van der Waals surface area (Å²) in [6, 6.07) is 5.16. The normalized spacial score (nSPS) is 22.7. The van der Waals surface area contributed by atoms with Gasteiger partial charge in [0.1, 0.15) is 0 Å². The Morgan fingerprint density at radius 1 is 1.03 bits per heavy atom. The van der Waals surface area contributed by atoms with E-state index in [1.54, 1.807) is 0 Å². The van der Waals surface area contributed by atoms with Gasteiger partial charge >= 0.3 is 0 Å². The van der Waals surface area contributed by atoms with Crippen LogP contribution < -0.4 is 5.73 Å². The van der Waals surface area contributed by atoms with Gasteiger partial charge in [0.05, 0.1) is 28.8 Å². The minimum Gasteiger partial charge on any atom is -0.381 e. The van der Waals surface area contributed by atoms with Gasteiger partial charge in [0.15, 0.2) is 0 Å². The van der Waals surface area contributed by atoms with Crippen LogP contribution in [0.15, 0.2) is 18.3 Å². The molecule has 162 valence electrons. The predicted octanol–water partition coefficient (Wildman–Crippen LogP) is 4.15. The molecule has 2 N–H and O–H groups in total. The van der Waals surface area contributed by atoms with E-state index in [2.05, 4.69) is 47.1 Å². The Hall–Kier alpha value is -2.12. The Kier molecular flexibility index (Phi) is 4.98. The van der Waals surface area contributed by atoms with Crippen LogP contribution in [0.1, 0.15) is 65.0 Å². The summed E-state index contributed by atoms with van der Waals surface area (Å²) < 4.78 is 10.0. The number of anilines is 1. The number of hydrogen-bond donors (Lipinski definition) is 1. The lowest BCUT2D eigenvalue weighted by molar-refractivity contribution is 0.0675. The van der Waals surface area contributed by atoms with E-state index in [0.717, 1.165) is 62.0 Å². The maximum absolute atomic E-state index is 6.50. The number of nitrogens with zero attached hydrogens (tertiary/aromatic N) is 5. The highest BCUT2D eigenvalue weighted by Crippen LogP contribution is 2.34. The highest BCUT2D eigenvalue weighted by Gasteiger charge is 2.29. The number of nitrogen functional groups attached to an aromatic ring is 1. The van der Waals surface area contributed by atoms with Crippen molar-refractivity contribution in [2.24, 2.45) is 0 Å². The van der Waals surface area contributed by atoms with Crippen LogP contribution in [0.2, 0.25) is 0 Å². The van der Waals surface area contributed by atoms with E-state index in [4.69, 9.17) is 20.6 Å². The van der Waals surface area contributed by atoms with Crippen LogP contribution in [-0.4, -0.2) is 56.1 Å². The number of aromatic nitrogens is 4. The van der Waals surface area contributed by atoms with Crippen molar-refractivity contribution in [3.8, 4) is 0 Å². The number of benzene rings is 1. The van der Waals surface area contributed by atoms with Gasteiger partial charge in [0.25, 0.3) is 0 Å². The van der Waals surface area contributed by atoms with Gasteiger partial charge in [0, 0.05) is 36.7 Å². The van der Waals surface area contributed by atoms with Gasteiger partial charge in [-0.15, -0.1) is 0 Å². The fraction of sp³-hybridized carbons (Fsp3) is 0.652. The summed E-state index contributed by atoms with van der Waals surface area (Å²) in [7, 11) is 0. The summed E-state index contributed by atoms with van der Waals surface area (Å²) in [6.45, 7) is 10.7. The van der Waals surface area contributed by atoms with Gasteiger partial charge in [0.2, 0.25) is 5.95 Å². The van der Waals surface area contributed by atoms with Crippen LogP contribution in [-0.2, 0) is 4.74 Å². The molecule has 2 saturated heterocycles. The van der Waals surface area contributed by atoms with Crippen LogP contribution in [0.3, 0.4) is 0 Å². The van der Waals surface area contributed by atoms with Crippen molar-refractivity contribution in [1.29, 1.82) is 0 Å². The van der Waals surface area contributed by atoms with Gasteiger partial charge in [-0.3, -0.25) is 9.58 Å². The third-order valence-electron chi connectivity index (χ3n) is 6.93. The Balaban J connectivity index is 1.58. The van der Waals surface area contributed by atoms with Crippen molar-refractivity contribution in [3.05, 3.63) is 18.3 Å². The lowest BCUT2D eigenvalue weighted by Crippen LogP contribution is -2.44. The van der Waals surface area contributed by atoms with Crippen molar-refractivity contribution in [2.45, 2.75) is 70.5 Å². The zero-order chi connectivity index (χ0) is 20.9. The molecule has 0 aliphatic carbocycles. The molecule has 3 aromatic rings. The first kappa shape index (κ1) is 19.8. The molecule has 0 bridgehead atoms. The van der Waals surface area contributed by atoms with E-state index in [1.807, 2.05) is 6.20 Å². The summed E-state index contributed by atoms with van der Waals surface area (Å²) in [4.78, 5) is 7.34. The average Bonchev–Trinajstić information content (AvgIpc) is 3.15. The number of hydrogen-bond acceptors (Lipinski definition) is 5.